The molecule has 104 valence electrons. The van der Waals surface area contributed by atoms with Gasteiger partial charge in [-0.05, 0) is 52.7 Å². The largest absolute Gasteiger partial charge is 0.376 e. The fraction of sp³-hybridized carbons (Fsp3) is 0.133. The average molecular weight is 337 g/mol. The third-order valence-corrected chi connectivity index (χ3v) is 3.40. The summed E-state index contributed by atoms with van der Waals surface area (Å²) in [5.41, 5.74) is 2.48. The number of halogens is 2. The molecule has 5 heteroatoms. The van der Waals surface area contributed by atoms with E-state index in [2.05, 4.69) is 26.6 Å². The lowest BCUT2D eigenvalue weighted by Crippen LogP contribution is -2.22. The molecule has 0 saturated carbocycles. The first-order valence-corrected chi connectivity index (χ1v) is 6.90. The van der Waals surface area contributed by atoms with Gasteiger partial charge >= 0.3 is 0 Å². The maximum absolute atomic E-state index is 13.1. The highest BCUT2D eigenvalue weighted by molar-refractivity contribution is 9.10. The zero-order valence-corrected chi connectivity index (χ0v) is 12.5. The van der Waals surface area contributed by atoms with Crippen molar-refractivity contribution >= 4 is 33.2 Å². The number of aryl methyl sites for hydroxylation is 1. The number of nitrogens with one attached hydrogen (secondary N) is 2. The minimum absolute atomic E-state index is 0.117. The van der Waals surface area contributed by atoms with Crippen LogP contribution in [0.25, 0.3) is 0 Å². The monoisotopic (exact) mass is 336 g/mol. The minimum atomic E-state index is -0.333. The molecule has 0 heterocycles. The van der Waals surface area contributed by atoms with Crippen molar-refractivity contribution in [2.24, 2.45) is 0 Å². The fourth-order valence-corrected chi connectivity index (χ4v) is 2.07. The van der Waals surface area contributed by atoms with Gasteiger partial charge in [0.1, 0.15) is 5.82 Å². The van der Waals surface area contributed by atoms with Crippen LogP contribution in [0.1, 0.15) is 5.56 Å². The van der Waals surface area contributed by atoms with Gasteiger partial charge in [0.15, 0.2) is 0 Å². The van der Waals surface area contributed by atoms with Gasteiger partial charge in [0.25, 0.3) is 0 Å². The summed E-state index contributed by atoms with van der Waals surface area (Å²) in [6.07, 6.45) is 0. The second-order valence-electron chi connectivity index (χ2n) is 4.35. The zero-order valence-electron chi connectivity index (χ0n) is 10.9. The Morgan fingerprint density at radius 1 is 1.25 bits per heavy atom. The van der Waals surface area contributed by atoms with E-state index in [4.69, 9.17) is 0 Å². The van der Waals surface area contributed by atoms with Crippen molar-refractivity contribution in [2.45, 2.75) is 6.92 Å². The Bertz CT molecular complexity index is 631. The van der Waals surface area contributed by atoms with Crippen LogP contribution in [0.2, 0.25) is 0 Å². The quantitative estimate of drug-likeness (QED) is 0.887. The molecular formula is C15H14BrFN2O. The van der Waals surface area contributed by atoms with Crippen LogP contribution in [-0.4, -0.2) is 12.5 Å². The summed E-state index contributed by atoms with van der Waals surface area (Å²) in [5, 5.41) is 5.76. The molecule has 2 rings (SSSR count). The van der Waals surface area contributed by atoms with Gasteiger partial charge < -0.3 is 10.6 Å². The zero-order chi connectivity index (χ0) is 14.5. The Labute approximate surface area is 125 Å². The third kappa shape index (κ3) is 3.81. The Balaban J connectivity index is 1.92. The molecule has 0 aliphatic rings. The summed E-state index contributed by atoms with van der Waals surface area (Å²) in [6.45, 7) is 2.05. The van der Waals surface area contributed by atoms with E-state index in [9.17, 15) is 9.18 Å². The van der Waals surface area contributed by atoms with Gasteiger partial charge in [-0.2, -0.15) is 0 Å². The Kier molecular flexibility index (Phi) is 4.74. The molecule has 0 radical (unpaired) electrons. The predicted octanol–water partition coefficient (Wildman–Crippen LogP) is 3.95. The minimum Gasteiger partial charge on any atom is -0.376 e. The van der Waals surface area contributed by atoms with E-state index in [0.29, 0.717) is 10.2 Å². The van der Waals surface area contributed by atoms with Crippen LogP contribution in [0.15, 0.2) is 46.9 Å². The van der Waals surface area contributed by atoms with Crippen LogP contribution >= 0.6 is 15.9 Å². The van der Waals surface area contributed by atoms with Gasteiger partial charge in [-0.15, -0.1) is 0 Å². The Morgan fingerprint density at radius 2 is 2.00 bits per heavy atom. The Morgan fingerprint density at radius 3 is 2.70 bits per heavy atom. The number of amides is 1. The Hall–Kier alpha value is -1.88. The molecule has 0 spiro atoms. The first kappa shape index (κ1) is 14.5. The molecule has 0 unspecified atom stereocenters. The fourth-order valence-electron chi connectivity index (χ4n) is 1.70. The maximum atomic E-state index is 13.1. The van der Waals surface area contributed by atoms with Crippen LogP contribution in [0, 0.1) is 12.7 Å². The molecule has 2 N–H and O–H groups in total. The van der Waals surface area contributed by atoms with Crippen LogP contribution in [0.5, 0.6) is 0 Å². The lowest BCUT2D eigenvalue weighted by Gasteiger charge is -2.10. The van der Waals surface area contributed by atoms with Gasteiger partial charge in [-0.3, -0.25) is 4.79 Å². The van der Waals surface area contributed by atoms with E-state index in [0.717, 1.165) is 11.3 Å². The number of hydrogen-bond donors (Lipinski definition) is 2. The molecule has 3 nitrogen and oxygen atoms in total. The van der Waals surface area contributed by atoms with Gasteiger partial charge in [0, 0.05) is 11.4 Å². The molecule has 2 aromatic rings. The SMILES string of the molecule is Cc1ccccc1NC(=O)CNc1ccc(F)c(Br)c1. The number of carbonyl (C=O) groups excluding carboxylic acids is 1. The number of benzene rings is 2. The van der Waals surface area contributed by atoms with E-state index < -0.39 is 0 Å². The molecule has 0 atom stereocenters. The van der Waals surface area contributed by atoms with Crippen molar-refractivity contribution in [3.05, 3.63) is 58.3 Å². The van der Waals surface area contributed by atoms with Crippen LogP contribution in [0.4, 0.5) is 15.8 Å². The average Bonchev–Trinajstić information content (AvgIpc) is 2.43. The summed E-state index contributed by atoms with van der Waals surface area (Å²) in [6, 6.07) is 12.1. The molecule has 0 aliphatic heterocycles. The first-order valence-electron chi connectivity index (χ1n) is 6.10. The highest BCUT2D eigenvalue weighted by Crippen LogP contribution is 2.20. The molecule has 0 bridgehead atoms. The first-order chi connectivity index (χ1) is 9.56. The van der Waals surface area contributed by atoms with Crippen molar-refractivity contribution in [1.29, 1.82) is 0 Å². The van der Waals surface area contributed by atoms with Gasteiger partial charge in [0.05, 0.1) is 11.0 Å². The smallest absolute Gasteiger partial charge is 0.243 e. The lowest BCUT2D eigenvalue weighted by molar-refractivity contribution is -0.114. The van der Waals surface area contributed by atoms with Crippen LogP contribution < -0.4 is 10.6 Å². The van der Waals surface area contributed by atoms with Crippen molar-refractivity contribution < 1.29 is 9.18 Å². The van der Waals surface area contributed by atoms with E-state index in [1.54, 1.807) is 12.1 Å². The van der Waals surface area contributed by atoms with Crippen molar-refractivity contribution in [1.82, 2.24) is 0 Å². The van der Waals surface area contributed by atoms with Crippen molar-refractivity contribution in [3.63, 3.8) is 0 Å². The predicted molar refractivity (Wildman–Crippen MR) is 82.4 cm³/mol. The highest BCUT2D eigenvalue weighted by Gasteiger charge is 2.05. The van der Waals surface area contributed by atoms with Gasteiger partial charge in [-0.1, -0.05) is 18.2 Å². The molecule has 0 aliphatic carbocycles. The molecular weight excluding hydrogens is 323 g/mol. The second-order valence-corrected chi connectivity index (χ2v) is 5.20. The van der Waals surface area contributed by atoms with E-state index in [1.165, 1.54) is 6.07 Å². The van der Waals surface area contributed by atoms with Crippen LogP contribution in [0.3, 0.4) is 0 Å². The molecule has 0 fully saturated rings. The maximum Gasteiger partial charge on any atom is 0.243 e. The topological polar surface area (TPSA) is 41.1 Å². The van der Waals surface area contributed by atoms with E-state index >= 15 is 0 Å². The molecule has 1 amide bonds. The van der Waals surface area contributed by atoms with Crippen molar-refractivity contribution in [3.8, 4) is 0 Å². The third-order valence-electron chi connectivity index (χ3n) is 2.79. The number of hydrogen-bond acceptors (Lipinski definition) is 2. The van der Waals surface area contributed by atoms with Crippen molar-refractivity contribution in [2.75, 3.05) is 17.2 Å². The highest BCUT2D eigenvalue weighted by atomic mass is 79.9. The summed E-state index contributed by atoms with van der Waals surface area (Å²) >= 11 is 3.10. The molecule has 2 aromatic carbocycles. The summed E-state index contributed by atoms with van der Waals surface area (Å²) in [7, 11) is 0. The van der Waals surface area contributed by atoms with Crippen LogP contribution in [-0.2, 0) is 4.79 Å². The standard InChI is InChI=1S/C15H14BrFN2O/c1-10-4-2-3-5-14(10)19-15(20)9-18-11-6-7-13(17)12(16)8-11/h2-8,18H,9H2,1H3,(H,19,20). The molecule has 0 saturated heterocycles. The van der Waals surface area contributed by atoms with Gasteiger partial charge in [-0.25, -0.2) is 4.39 Å². The van der Waals surface area contributed by atoms with E-state index in [1.807, 2.05) is 31.2 Å². The summed E-state index contributed by atoms with van der Waals surface area (Å²) in [5.74, 6) is -0.486. The number of para-hydroxylation sites is 1. The molecule has 20 heavy (non-hydrogen) atoms. The number of anilines is 2. The summed E-state index contributed by atoms with van der Waals surface area (Å²) < 4.78 is 13.4. The van der Waals surface area contributed by atoms with Gasteiger partial charge in [0.2, 0.25) is 5.91 Å². The second kappa shape index (κ2) is 6.52. The summed E-state index contributed by atoms with van der Waals surface area (Å²) in [4.78, 5) is 11.8. The lowest BCUT2D eigenvalue weighted by atomic mass is 10.2. The molecule has 0 aromatic heterocycles. The number of carbonyl (C=O) groups is 1. The van der Waals surface area contributed by atoms with E-state index in [-0.39, 0.29) is 18.3 Å². The number of rotatable bonds is 4. The normalized spacial score (nSPS) is 10.2.